The van der Waals surface area contributed by atoms with Gasteiger partial charge in [0.1, 0.15) is 5.82 Å². The summed E-state index contributed by atoms with van der Waals surface area (Å²) < 4.78 is 7.60. The lowest BCUT2D eigenvalue weighted by Crippen LogP contribution is -2.42. The van der Waals surface area contributed by atoms with Crippen molar-refractivity contribution >= 4 is 22.8 Å². The van der Waals surface area contributed by atoms with Crippen molar-refractivity contribution in [2.24, 2.45) is 5.73 Å². The zero-order valence-corrected chi connectivity index (χ0v) is 26.5. The van der Waals surface area contributed by atoms with Gasteiger partial charge in [-0.1, -0.05) is 48.5 Å². The Balaban J connectivity index is 1.16. The van der Waals surface area contributed by atoms with Crippen molar-refractivity contribution in [1.82, 2.24) is 19.8 Å². The van der Waals surface area contributed by atoms with Crippen LogP contribution in [0.25, 0.3) is 22.2 Å². The van der Waals surface area contributed by atoms with Crippen LogP contribution in [0.4, 0.5) is 0 Å². The Morgan fingerprint density at radius 1 is 1.02 bits per heavy atom. The fourth-order valence-electron chi connectivity index (χ4n) is 6.22. The third-order valence-corrected chi connectivity index (χ3v) is 8.70. The third-order valence-electron chi connectivity index (χ3n) is 8.70. The number of methoxy groups -OCH3 is 1. The van der Waals surface area contributed by atoms with Gasteiger partial charge in [0.15, 0.2) is 0 Å². The SMILES string of the molecule is COCCCn1c([C@@H]2CCCN(C(=O)C[C@H](N)Cc3ccc(-c4ccc(C(=O)NC(CO)CO)cc4)cc3)C2)nc2ccccc21. The van der Waals surface area contributed by atoms with Crippen LogP contribution < -0.4 is 11.1 Å². The van der Waals surface area contributed by atoms with E-state index in [2.05, 4.69) is 22.0 Å². The number of likely N-dealkylation sites (tertiary alicyclic amines) is 1. The second kappa shape index (κ2) is 16.0. The van der Waals surface area contributed by atoms with Crippen molar-refractivity contribution in [2.75, 3.05) is 40.0 Å². The van der Waals surface area contributed by atoms with Gasteiger partial charge in [-0.3, -0.25) is 9.59 Å². The molecule has 1 saturated heterocycles. The lowest BCUT2D eigenvalue weighted by Gasteiger charge is -2.33. The maximum absolute atomic E-state index is 13.4. The number of fused-ring (bicyclic) bond motifs is 1. The van der Waals surface area contributed by atoms with Crippen molar-refractivity contribution in [2.45, 2.75) is 56.7 Å². The van der Waals surface area contributed by atoms with Crippen molar-refractivity contribution < 1.29 is 24.5 Å². The van der Waals surface area contributed by atoms with E-state index in [1.165, 1.54) is 0 Å². The Kier molecular flexibility index (Phi) is 11.5. The van der Waals surface area contributed by atoms with E-state index in [0.29, 0.717) is 25.1 Å². The molecule has 1 aliphatic heterocycles. The number of nitrogens with two attached hydrogens (primary N) is 1. The minimum Gasteiger partial charge on any atom is -0.394 e. The predicted octanol–water partition coefficient (Wildman–Crippen LogP) is 3.49. The monoisotopic (exact) mass is 627 g/mol. The molecule has 3 aromatic carbocycles. The van der Waals surface area contributed by atoms with Gasteiger partial charge in [0, 0.05) is 57.3 Å². The van der Waals surface area contributed by atoms with E-state index in [1.54, 1.807) is 19.2 Å². The second-order valence-electron chi connectivity index (χ2n) is 12.1. The van der Waals surface area contributed by atoms with E-state index in [4.69, 9.17) is 15.5 Å². The quantitative estimate of drug-likeness (QED) is 0.157. The van der Waals surface area contributed by atoms with Crippen molar-refractivity contribution in [1.29, 1.82) is 0 Å². The smallest absolute Gasteiger partial charge is 0.251 e. The minimum atomic E-state index is -0.689. The maximum atomic E-state index is 13.4. The van der Waals surface area contributed by atoms with E-state index >= 15 is 0 Å². The summed E-state index contributed by atoms with van der Waals surface area (Å²) in [6.07, 6.45) is 3.72. The summed E-state index contributed by atoms with van der Waals surface area (Å²) in [5, 5.41) is 21.0. The number of benzene rings is 3. The van der Waals surface area contributed by atoms with Crippen molar-refractivity contribution in [3.05, 3.63) is 89.7 Å². The van der Waals surface area contributed by atoms with Gasteiger partial charge in [-0.25, -0.2) is 4.98 Å². The van der Waals surface area contributed by atoms with Gasteiger partial charge in [-0.05, 0) is 66.6 Å². The molecule has 0 bridgehead atoms. The van der Waals surface area contributed by atoms with Gasteiger partial charge in [-0.15, -0.1) is 0 Å². The summed E-state index contributed by atoms with van der Waals surface area (Å²) in [6, 6.07) is 22.5. The first-order valence-electron chi connectivity index (χ1n) is 16.1. The molecule has 46 heavy (non-hydrogen) atoms. The lowest BCUT2D eigenvalue weighted by atomic mass is 9.95. The van der Waals surface area contributed by atoms with E-state index in [1.807, 2.05) is 53.4 Å². The highest BCUT2D eigenvalue weighted by Gasteiger charge is 2.29. The van der Waals surface area contributed by atoms with Crippen LogP contribution >= 0.6 is 0 Å². The molecule has 0 aliphatic carbocycles. The molecule has 1 aliphatic rings. The normalized spacial score (nSPS) is 15.8. The fraction of sp³-hybridized carbons (Fsp3) is 0.417. The highest BCUT2D eigenvalue weighted by atomic mass is 16.5. The molecule has 1 aromatic heterocycles. The zero-order valence-electron chi connectivity index (χ0n) is 26.5. The molecule has 5 N–H and O–H groups in total. The average molecular weight is 628 g/mol. The largest absolute Gasteiger partial charge is 0.394 e. The molecule has 0 unspecified atom stereocenters. The average Bonchev–Trinajstić information content (AvgIpc) is 3.46. The van der Waals surface area contributed by atoms with Crippen LogP contribution in [0.3, 0.4) is 0 Å². The Hall–Kier alpha value is -4.09. The molecule has 2 amide bonds. The molecule has 10 heteroatoms. The Morgan fingerprint density at radius 2 is 1.72 bits per heavy atom. The number of carbonyl (C=O) groups excluding carboxylic acids is 2. The van der Waals surface area contributed by atoms with Crippen LogP contribution in [0.5, 0.6) is 0 Å². The van der Waals surface area contributed by atoms with Crippen molar-refractivity contribution in [3.63, 3.8) is 0 Å². The summed E-state index contributed by atoms with van der Waals surface area (Å²) in [5.74, 6) is 0.965. The van der Waals surface area contributed by atoms with Crippen LogP contribution in [0.2, 0.25) is 0 Å². The number of aromatic nitrogens is 2. The standard InChI is InChI=1S/C36H45N5O5/c1-46-19-5-18-41-33-8-3-2-7-32(33)39-35(41)29-6-4-17-40(22-29)34(44)21-30(37)20-25-9-11-26(12-10-25)27-13-15-28(16-14-27)36(45)38-31(23-42)24-43/h2-3,7-16,29-31,42-43H,4-6,17-24,37H2,1H3,(H,38,45)/t29-,30-/m1/s1. The number of imidazole rings is 1. The number of piperidine rings is 1. The number of hydrogen-bond acceptors (Lipinski definition) is 7. The number of rotatable bonds is 14. The van der Waals surface area contributed by atoms with Gasteiger partial charge >= 0.3 is 0 Å². The van der Waals surface area contributed by atoms with E-state index in [9.17, 15) is 19.8 Å². The fourth-order valence-corrected chi connectivity index (χ4v) is 6.22. The number of nitrogens with zero attached hydrogens (tertiary/aromatic N) is 3. The molecular formula is C36H45N5O5. The van der Waals surface area contributed by atoms with Gasteiger partial charge in [0.25, 0.3) is 5.91 Å². The summed E-state index contributed by atoms with van der Waals surface area (Å²) in [4.78, 5) is 32.7. The van der Waals surface area contributed by atoms with Gasteiger partial charge in [0.2, 0.25) is 5.91 Å². The first kappa shape index (κ1) is 33.3. The number of nitrogens with one attached hydrogen (secondary N) is 1. The number of aliphatic hydroxyl groups excluding tert-OH is 2. The number of carbonyl (C=O) groups is 2. The molecule has 2 heterocycles. The zero-order chi connectivity index (χ0) is 32.5. The molecular weight excluding hydrogens is 582 g/mol. The van der Waals surface area contributed by atoms with E-state index in [0.717, 1.165) is 65.9 Å². The Labute approximate surface area is 270 Å². The maximum Gasteiger partial charge on any atom is 0.251 e. The van der Waals surface area contributed by atoms with Crippen LogP contribution in [0.15, 0.2) is 72.8 Å². The van der Waals surface area contributed by atoms with Gasteiger partial charge in [-0.2, -0.15) is 0 Å². The molecule has 2 atom stereocenters. The van der Waals surface area contributed by atoms with Gasteiger partial charge in [0.05, 0.1) is 30.3 Å². The Bertz CT molecular complexity index is 1580. The summed E-state index contributed by atoms with van der Waals surface area (Å²) in [6.45, 7) is 2.25. The van der Waals surface area contributed by atoms with Crippen LogP contribution in [-0.4, -0.2) is 88.6 Å². The van der Waals surface area contributed by atoms with Crippen LogP contribution in [-0.2, 0) is 22.5 Å². The summed E-state index contributed by atoms with van der Waals surface area (Å²) in [5.41, 5.74) is 12.1. The molecule has 0 spiro atoms. The summed E-state index contributed by atoms with van der Waals surface area (Å²) in [7, 11) is 1.72. The Morgan fingerprint density at radius 3 is 2.41 bits per heavy atom. The van der Waals surface area contributed by atoms with E-state index in [-0.39, 0.29) is 43.4 Å². The number of hydrogen-bond donors (Lipinski definition) is 4. The first-order chi connectivity index (χ1) is 22.4. The molecule has 4 aromatic rings. The minimum absolute atomic E-state index is 0.0873. The molecule has 244 valence electrons. The summed E-state index contributed by atoms with van der Waals surface area (Å²) >= 11 is 0. The second-order valence-corrected chi connectivity index (χ2v) is 12.1. The predicted molar refractivity (Wildman–Crippen MR) is 178 cm³/mol. The van der Waals surface area contributed by atoms with Crippen LogP contribution in [0, 0.1) is 0 Å². The lowest BCUT2D eigenvalue weighted by molar-refractivity contribution is -0.132. The number of ether oxygens (including phenoxy) is 1. The molecule has 0 saturated carbocycles. The first-order valence-corrected chi connectivity index (χ1v) is 16.1. The molecule has 0 radical (unpaired) electrons. The highest BCUT2D eigenvalue weighted by molar-refractivity contribution is 5.94. The van der Waals surface area contributed by atoms with Crippen molar-refractivity contribution in [3.8, 4) is 11.1 Å². The highest BCUT2D eigenvalue weighted by Crippen LogP contribution is 2.30. The number of amides is 2. The number of aryl methyl sites for hydroxylation is 1. The van der Waals surface area contributed by atoms with E-state index < -0.39 is 6.04 Å². The molecule has 10 nitrogen and oxygen atoms in total. The molecule has 5 rings (SSSR count). The third kappa shape index (κ3) is 8.19. The van der Waals surface area contributed by atoms with Gasteiger partial charge < -0.3 is 35.5 Å². The number of aliphatic hydroxyl groups is 2. The van der Waals surface area contributed by atoms with Crippen LogP contribution in [0.1, 0.15) is 53.3 Å². The number of para-hydroxylation sites is 2. The molecule has 1 fully saturated rings. The topological polar surface area (TPSA) is 143 Å².